The maximum absolute atomic E-state index is 14.1. The number of piperidine rings is 1. The molecule has 0 spiro atoms. The van der Waals surface area contributed by atoms with Crippen molar-refractivity contribution in [3.05, 3.63) is 83.8 Å². The minimum absolute atomic E-state index is 0.156. The van der Waals surface area contributed by atoms with Gasteiger partial charge in [-0.05, 0) is 51.0 Å². The lowest BCUT2D eigenvalue weighted by atomic mass is 9.92. The molecule has 0 radical (unpaired) electrons. The molecular weight excluding hydrogens is 547 g/mol. The summed E-state index contributed by atoms with van der Waals surface area (Å²) in [5.74, 6) is -4.39. The summed E-state index contributed by atoms with van der Waals surface area (Å²) in [6.45, 7) is 5.17. The molecule has 0 bridgehead atoms. The van der Waals surface area contributed by atoms with Crippen LogP contribution in [-0.4, -0.2) is 55.7 Å². The number of aromatic nitrogens is 3. The van der Waals surface area contributed by atoms with E-state index in [4.69, 9.17) is 14.9 Å². The van der Waals surface area contributed by atoms with Gasteiger partial charge in [-0.2, -0.15) is 13.2 Å². The molecule has 1 N–H and O–H groups in total. The number of aliphatic carboxylic acids is 1. The van der Waals surface area contributed by atoms with Crippen LogP contribution in [0.5, 0.6) is 0 Å². The van der Waals surface area contributed by atoms with Crippen LogP contribution >= 0.6 is 0 Å². The molecule has 0 atom stereocenters. The highest BCUT2D eigenvalue weighted by molar-refractivity contribution is 5.94. The van der Waals surface area contributed by atoms with E-state index in [9.17, 15) is 26.7 Å². The van der Waals surface area contributed by atoms with Crippen molar-refractivity contribution in [3.8, 4) is 11.3 Å². The Labute approximate surface area is 232 Å². The van der Waals surface area contributed by atoms with Crippen molar-refractivity contribution in [1.82, 2.24) is 19.4 Å². The number of hydrogen-bond donors (Lipinski definition) is 1. The van der Waals surface area contributed by atoms with E-state index in [0.717, 1.165) is 46.2 Å². The van der Waals surface area contributed by atoms with Gasteiger partial charge in [0.1, 0.15) is 17.2 Å². The number of fused-ring (bicyclic) bond motifs is 1. The van der Waals surface area contributed by atoms with Gasteiger partial charge in [-0.1, -0.05) is 30.3 Å². The first-order valence-electron chi connectivity index (χ1n) is 12.8. The van der Waals surface area contributed by atoms with Crippen molar-refractivity contribution in [2.24, 2.45) is 0 Å². The number of carboxylic acids is 1. The van der Waals surface area contributed by atoms with E-state index < -0.39 is 29.7 Å². The van der Waals surface area contributed by atoms with Crippen LogP contribution in [0.3, 0.4) is 0 Å². The Morgan fingerprint density at radius 3 is 2.22 bits per heavy atom. The highest BCUT2D eigenvalue weighted by Crippen LogP contribution is 2.34. The van der Waals surface area contributed by atoms with Crippen molar-refractivity contribution >= 4 is 22.9 Å². The molecule has 41 heavy (non-hydrogen) atoms. The molecule has 1 aliphatic heterocycles. The Morgan fingerprint density at radius 2 is 1.63 bits per heavy atom. The number of imidazole rings is 1. The second-order valence-electron chi connectivity index (χ2n) is 9.87. The summed E-state index contributed by atoms with van der Waals surface area (Å²) in [6, 6.07) is 15.4. The molecule has 0 aliphatic carbocycles. The number of carbonyl (C=O) groups excluding carboxylic acids is 1. The van der Waals surface area contributed by atoms with E-state index in [0.29, 0.717) is 25.9 Å². The van der Waals surface area contributed by atoms with E-state index >= 15 is 0 Å². The Hall–Kier alpha value is -4.35. The predicted molar refractivity (Wildman–Crippen MR) is 141 cm³/mol. The Bertz CT molecular complexity index is 1550. The smallest absolute Gasteiger partial charge is 0.475 e. The predicted octanol–water partition coefficient (Wildman–Crippen LogP) is 6.61. The van der Waals surface area contributed by atoms with Crippen LogP contribution in [0.25, 0.3) is 22.3 Å². The topological polar surface area (TPSA) is 88.3 Å². The lowest BCUT2D eigenvalue weighted by Crippen LogP contribution is -2.38. The quantitative estimate of drug-likeness (QED) is 0.277. The summed E-state index contributed by atoms with van der Waals surface area (Å²) >= 11 is 0. The minimum atomic E-state index is -5.08. The van der Waals surface area contributed by atoms with Crippen LogP contribution in [0.15, 0.2) is 60.9 Å². The number of nitrogens with zero attached hydrogens (tertiary/aromatic N) is 4. The first-order valence-corrected chi connectivity index (χ1v) is 12.8. The van der Waals surface area contributed by atoms with Crippen LogP contribution in [-0.2, 0) is 4.79 Å². The van der Waals surface area contributed by atoms with Gasteiger partial charge in [-0.3, -0.25) is 9.78 Å². The van der Waals surface area contributed by atoms with Gasteiger partial charge in [0, 0.05) is 36.3 Å². The molecular formula is C29H27F5N4O3. The molecule has 0 unspecified atom stereocenters. The highest BCUT2D eigenvalue weighted by Gasteiger charge is 2.38. The summed E-state index contributed by atoms with van der Waals surface area (Å²) in [4.78, 5) is 33.0. The van der Waals surface area contributed by atoms with Gasteiger partial charge in [0.2, 0.25) is 0 Å². The van der Waals surface area contributed by atoms with Crippen molar-refractivity contribution in [2.45, 2.75) is 44.8 Å². The summed E-state index contributed by atoms with van der Waals surface area (Å²) in [7, 11) is 0. The number of carboxylic acid groups (broad SMARTS) is 1. The van der Waals surface area contributed by atoms with Gasteiger partial charge >= 0.3 is 12.1 Å². The van der Waals surface area contributed by atoms with Crippen LogP contribution in [0, 0.1) is 11.6 Å². The van der Waals surface area contributed by atoms with Gasteiger partial charge in [0.25, 0.3) is 5.91 Å². The molecule has 3 heterocycles. The first-order chi connectivity index (χ1) is 19.4. The fourth-order valence-corrected chi connectivity index (χ4v) is 4.68. The van der Waals surface area contributed by atoms with Gasteiger partial charge in [-0.15, -0.1) is 0 Å². The third-order valence-electron chi connectivity index (χ3n) is 6.79. The van der Waals surface area contributed by atoms with Crippen LogP contribution < -0.4 is 0 Å². The molecule has 12 heteroatoms. The fourth-order valence-electron chi connectivity index (χ4n) is 4.68. The second-order valence-corrected chi connectivity index (χ2v) is 9.87. The van der Waals surface area contributed by atoms with Gasteiger partial charge in [0.15, 0.2) is 0 Å². The monoisotopic (exact) mass is 574 g/mol. The number of carbonyl (C=O) groups is 2. The zero-order chi connectivity index (χ0) is 29.9. The molecule has 4 aromatic rings. The average Bonchev–Trinajstić information content (AvgIpc) is 3.38. The number of hydrogen-bond acceptors (Lipinski definition) is 4. The Kier molecular flexibility index (Phi) is 8.69. The molecule has 2 aromatic carbocycles. The number of halogens is 5. The van der Waals surface area contributed by atoms with Crippen molar-refractivity contribution in [2.75, 3.05) is 13.1 Å². The average molecular weight is 575 g/mol. The summed E-state index contributed by atoms with van der Waals surface area (Å²) in [6.07, 6.45) is -1.82. The summed E-state index contributed by atoms with van der Waals surface area (Å²) in [5, 5.41) is 7.12. The van der Waals surface area contributed by atoms with E-state index in [1.54, 1.807) is 4.90 Å². The zero-order valence-corrected chi connectivity index (χ0v) is 22.2. The van der Waals surface area contributed by atoms with Crippen LogP contribution in [0.4, 0.5) is 22.0 Å². The zero-order valence-electron chi connectivity index (χ0n) is 22.2. The van der Waals surface area contributed by atoms with E-state index in [1.807, 2.05) is 36.7 Å². The summed E-state index contributed by atoms with van der Waals surface area (Å²) in [5.41, 5.74) is 4.53. The second kappa shape index (κ2) is 12.0. The fraction of sp³-hybridized carbons (Fsp3) is 0.310. The standard InChI is InChI=1S/C27H26F2N4O.C2HF3O2/c1-17(2)33-16-30-26-24(33)15-23(31-25(26)19-6-4-3-5-7-19)18-10-12-32(13-11-18)27(34)21-14-20(28)8-9-22(21)29;3-2(4,5)1(6)7/h3-9,14-18H,10-13H2,1-2H3;(H,6,7). The van der Waals surface area contributed by atoms with Crippen LogP contribution in [0.1, 0.15) is 54.7 Å². The van der Waals surface area contributed by atoms with Crippen LogP contribution in [0.2, 0.25) is 0 Å². The maximum Gasteiger partial charge on any atom is 0.490 e. The third-order valence-corrected chi connectivity index (χ3v) is 6.79. The van der Waals surface area contributed by atoms with Crippen molar-refractivity contribution < 1.29 is 36.6 Å². The molecule has 216 valence electrons. The highest BCUT2D eigenvalue weighted by atomic mass is 19.4. The van der Waals surface area contributed by atoms with E-state index in [2.05, 4.69) is 29.5 Å². The van der Waals surface area contributed by atoms with E-state index in [-0.39, 0.29) is 17.5 Å². The lowest BCUT2D eigenvalue weighted by Gasteiger charge is -2.32. The molecule has 1 saturated heterocycles. The number of amides is 1. The number of pyridine rings is 1. The number of rotatable bonds is 4. The van der Waals surface area contributed by atoms with Gasteiger partial charge in [-0.25, -0.2) is 18.6 Å². The number of likely N-dealkylation sites (tertiary alicyclic amines) is 1. The Morgan fingerprint density at radius 1 is 1.00 bits per heavy atom. The number of benzene rings is 2. The molecule has 0 saturated carbocycles. The summed E-state index contributed by atoms with van der Waals surface area (Å²) < 4.78 is 61.6. The van der Waals surface area contributed by atoms with Gasteiger partial charge in [0.05, 0.1) is 23.1 Å². The van der Waals surface area contributed by atoms with Gasteiger partial charge < -0.3 is 14.6 Å². The maximum atomic E-state index is 14.1. The largest absolute Gasteiger partial charge is 0.490 e. The van der Waals surface area contributed by atoms with Crippen molar-refractivity contribution in [3.63, 3.8) is 0 Å². The lowest BCUT2D eigenvalue weighted by molar-refractivity contribution is -0.192. The first kappa shape index (κ1) is 29.6. The molecule has 1 amide bonds. The normalized spacial score (nSPS) is 14.2. The SMILES string of the molecule is CC(C)n1cnc2c(-c3ccccc3)nc(C3CCN(C(=O)c4cc(F)ccc4F)CC3)cc21.O=C(O)C(F)(F)F. The molecule has 1 fully saturated rings. The van der Waals surface area contributed by atoms with Crippen molar-refractivity contribution in [1.29, 1.82) is 0 Å². The number of alkyl halides is 3. The molecule has 2 aromatic heterocycles. The Balaban J connectivity index is 0.000000493. The molecule has 1 aliphatic rings. The minimum Gasteiger partial charge on any atom is -0.475 e. The van der Waals surface area contributed by atoms with E-state index in [1.165, 1.54) is 0 Å². The third kappa shape index (κ3) is 6.69. The molecule has 7 nitrogen and oxygen atoms in total. The molecule has 5 rings (SSSR count).